The minimum atomic E-state index is -0.552. The molecule has 0 spiro atoms. The van der Waals surface area contributed by atoms with E-state index in [9.17, 15) is 4.79 Å². The summed E-state index contributed by atoms with van der Waals surface area (Å²) in [5.74, 6) is 0.460. The van der Waals surface area contributed by atoms with E-state index >= 15 is 0 Å². The Balaban J connectivity index is 1.61. The van der Waals surface area contributed by atoms with Gasteiger partial charge in [-0.25, -0.2) is 10.5 Å². The van der Waals surface area contributed by atoms with Crippen LogP contribution in [0, 0.1) is 0 Å². The van der Waals surface area contributed by atoms with Crippen LogP contribution in [0.1, 0.15) is 22.5 Å². The number of benzene rings is 3. The molecular weight excluding hydrogens is 362 g/mol. The molecule has 1 aromatic heterocycles. The summed E-state index contributed by atoms with van der Waals surface area (Å²) >= 11 is 0. The highest BCUT2D eigenvalue weighted by Crippen LogP contribution is 2.20. The van der Waals surface area contributed by atoms with Crippen LogP contribution in [0.4, 0.5) is 0 Å². The highest BCUT2D eigenvalue weighted by molar-refractivity contribution is 5.90. The molecule has 0 aliphatic rings. The molecule has 0 saturated heterocycles. The molecule has 0 saturated carbocycles. The molecule has 29 heavy (non-hydrogen) atoms. The van der Waals surface area contributed by atoms with Crippen molar-refractivity contribution in [3.8, 4) is 0 Å². The lowest BCUT2D eigenvalue weighted by molar-refractivity contribution is -0.124. The maximum Gasteiger partial charge on any atom is 0.267 e. The van der Waals surface area contributed by atoms with Crippen molar-refractivity contribution in [1.82, 2.24) is 15.0 Å². The lowest BCUT2D eigenvalue weighted by Gasteiger charge is -2.10. The first-order valence-electron chi connectivity index (χ1n) is 9.42. The number of hydrogen-bond donors (Lipinski definition) is 2. The Kier molecular flexibility index (Phi) is 5.49. The fourth-order valence-electron chi connectivity index (χ4n) is 3.34. The minimum Gasteiger partial charge on any atom is -0.323 e. The summed E-state index contributed by atoms with van der Waals surface area (Å²) in [6, 6.07) is 26.5. The van der Waals surface area contributed by atoms with E-state index in [0.29, 0.717) is 6.42 Å². The van der Waals surface area contributed by atoms with Gasteiger partial charge in [0.25, 0.3) is 5.91 Å². The lowest BCUT2D eigenvalue weighted by atomic mass is 10.1. The number of aromatic nitrogens is 2. The molecule has 0 fully saturated rings. The van der Waals surface area contributed by atoms with Gasteiger partial charge in [0.15, 0.2) is 0 Å². The Morgan fingerprint density at radius 2 is 1.66 bits per heavy atom. The Morgan fingerprint density at radius 3 is 2.41 bits per heavy atom. The summed E-state index contributed by atoms with van der Waals surface area (Å²) in [7, 11) is 0. The minimum absolute atomic E-state index is 0.552. The van der Waals surface area contributed by atoms with Crippen LogP contribution in [0.2, 0.25) is 0 Å². The number of fused-ring (bicyclic) bond motifs is 1. The normalized spacial score (nSPS) is 11.2. The van der Waals surface area contributed by atoms with Crippen LogP contribution in [0.3, 0.4) is 0 Å². The lowest BCUT2D eigenvalue weighted by Crippen LogP contribution is -2.14. The van der Waals surface area contributed by atoms with Crippen LogP contribution >= 0.6 is 0 Å². The molecule has 1 amide bonds. The van der Waals surface area contributed by atoms with Crippen molar-refractivity contribution in [2.45, 2.75) is 13.0 Å². The molecule has 3 aromatic carbocycles. The fourth-order valence-corrected chi connectivity index (χ4v) is 3.34. The number of para-hydroxylation sites is 2. The second-order valence-electron chi connectivity index (χ2n) is 6.82. The molecule has 0 atom stereocenters. The molecule has 144 valence electrons. The van der Waals surface area contributed by atoms with Crippen LogP contribution in [-0.4, -0.2) is 20.7 Å². The van der Waals surface area contributed by atoms with Crippen LogP contribution in [0.15, 0.2) is 84.9 Å². The van der Waals surface area contributed by atoms with E-state index in [-0.39, 0.29) is 0 Å². The number of amides is 1. The topological polar surface area (TPSA) is 67.2 Å². The van der Waals surface area contributed by atoms with Crippen molar-refractivity contribution in [2.75, 3.05) is 0 Å². The van der Waals surface area contributed by atoms with Crippen molar-refractivity contribution >= 4 is 23.0 Å². The largest absolute Gasteiger partial charge is 0.323 e. The van der Waals surface area contributed by atoms with E-state index in [0.717, 1.165) is 34.5 Å². The Morgan fingerprint density at radius 1 is 0.931 bits per heavy atom. The van der Waals surface area contributed by atoms with Crippen molar-refractivity contribution in [1.29, 1.82) is 0 Å². The van der Waals surface area contributed by atoms with Gasteiger partial charge in [-0.2, -0.15) is 0 Å². The quantitative estimate of drug-likeness (QED) is 0.298. The molecule has 0 radical (unpaired) electrons. The van der Waals surface area contributed by atoms with Gasteiger partial charge in [-0.05, 0) is 34.9 Å². The molecule has 4 aromatic rings. The number of imidazole rings is 1. The third kappa shape index (κ3) is 4.42. The van der Waals surface area contributed by atoms with Gasteiger partial charge in [0.2, 0.25) is 0 Å². The average Bonchev–Trinajstić information content (AvgIpc) is 3.10. The predicted octanol–water partition coefficient (Wildman–Crippen LogP) is 4.19. The zero-order valence-electron chi connectivity index (χ0n) is 15.8. The number of rotatable bonds is 6. The number of nitrogens with zero attached hydrogens (tertiary/aromatic N) is 2. The van der Waals surface area contributed by atoms with E-state index < -0.39 is 5.91 Å². The van der Waals surface area contributed by atoms with E-state index in [1.807, 2.05) is 48.5 Å². The number of hydrogen-bond acceptors (Lipinski definition) is 3. The molecular formula is C24H21N3O2. The van der Waals surface area contributed by atoms with E-state index in [1.165, 1.54) is 11.6 Å². The van der Waals surface area contributed by atoms with Gasteiger partial charge >= 0.3 is 0 Å². The van der Waals surface area contributed by atoms with Crippen LogP contribution in [-0.2, 0) is 17.8 Å². The van der Waals surface area contributed by atoms with E-state index in [4.69, 9.17) is 10.2 Å². The van der Waals surface area contributed by atoms with Crippen LogP contribution < -0.4 is 5.48 Å². The third-order valence-electron chi connectivity index (χ3n) is 4.80. The summed E-state index contributed by atoms with van der Waals surface area (Å²) in [5, 5.41) is 8.55. The number of carbonyl (C=O) groups excluding carboxylic acids is 1. The molecule has 2 N–H and O–H groups in total. The first-order chi connectivity index (χ1) is 14.2. The molecule has 0 bridgehead atoms. The van der Waals surface area contributed by atoms with E-state index in [1.54, 1.807) is 11.6 Å². The number of nitrogens with one attached hydrogen (secondary N) is 1. The van der Waals surface area contributed by atoms with Gasteiger partial charge in [0.1, 0.15) is 5.82 Å². The summed E-state index contributed by atoms with van der Waals surface area (Å²) in [6.45, 7) is 0.772. The molecule has 0 unspecified atom stereocenters. The van der Waals surface area contributed by atoms with Crippen molar-refractivity contribution in [3.63, 3.8) is 0 Å². The van der Waals surface area contributed by atoms with Crippen molar-refractivity contribution in [3.05, 3.63) is 107 Å². The molecule has 5 nitrogen and oxygen atoms in total. The second-order valence-corrected chi connectivity index (χ2v) is 6.82. The van der Waals surface area contributed by atoms with Crippen molar-refractivity contribution < 1.29 is 10.0 Å². The van der Waals surface area contributed by atoms with E-state index in [2.05, 4.69) is 34.9 Å². The zero-order valence-corrected chi connectivity index (χ0v) is 15.8. The fraction of sp³-hybridized carbons (Fsp3) is 0.0833. The van der Waals surface area contributed by atoms with Crippen molar-refractivity contribution in [2.24, 2.45) is 0 Å². The molecule has 5 heteroatoms. The standard InChI is InChI=1S/C24H21N3O2/c28-24(26-29)15-14-18-10-12-19(13-11-18)16-23-25-21-8-4-5-9-22(21)27(23)17-20-6-2-1-3-7-20/h1-15,29H,16-17H2,(H,26,28). The van der Waals surface area contributed by atoms with Crippen LogP contribution in [0.25, 0.3) is 17.1 Å². The summed E-state index contributed by atoms with van der Waals surface area (Å²) in [4.78, 5) is 16.0. The monoisotopic (exact) mass is 383 g/mol. The molecule has 0 aliphatic carbocycles. The van der Waals surface area contributed by atoms with Gasteiger partial charge in [0, 0.05) is 19.0 Å². The van der Waals surface area contributed by atoms with Gasteiger partial charge in [-0.3, -0.25) is 10.0 Å². The highest BCUT2D eigenvalue weighted by Gasteiger charge is 2.11. The number of hydroxylamine groups is 1. The van der Waals surface area contributed by atoms with Gasteiger partial charge in [-0.1, -0.05) is 66.7 Å². The first kappa shape index (κ1) is 18.7. The summed E-state index contributed by atoms with van der Waals surface area (Å²) < 4.78 is 2.27. The van der Waals surface area contributed by atoms with Gasteiger partial charge in [0.05, 0.1) is 11.0 Å². The second kappa shape index (κ2) is 8.54. The maximum absolute atomic E-state index is 11.1. The molecule has 0 aliphatic heterocycles. The smallest absolute Gasteiger partial charge is 0.267 e. The third-order valence-corrected chi connectivity index (χ3v) is 4.80. The van der Waals surface area contributed by atoms with Crippen LogP contribution in [0.5, 0.6) is 0 Å². The Hall–Kier alpha value is -3.70. The Bertz CT molecular complexity index is 1150. The van der Waals surface area contributed by atoms with Gasteiger partial charge in [-0.15, -0.1) is 0 Å². The SMILES string of the molecule is O=C(C=Cc1ccc(Cc2nc3ccccc3n2Cc2ccccc2)cc1)NO. The summed E-state index contributed by atoms with van der Waals surface area (Å²) in [5.41, 5.74) is 6.96. The zero-order chi connectivity index (χ0) is 20.1. The number of carbonyl (C=O) groups is 1. The molecule has 1 heterocycles. The first-order valence-corrected chi connectivity index (χ1v) is 9.42. The average molecular weight is 383 g/mol. The summed E-state index contributed by atoms with van der Waals surface area (Å²) in [6.07, 6.45) is 3.65. The maximum atomic E-state index is 11.1. The highest BCUT2D eigenvalue weighted by atomic mass is 16.5. The molecule has 4 rings (SSSR count). The predicted molar refractivity (Wildman–Crippen MR) is 113 cm³/mol. The Labute approximate surface area is 168 Å². The van der Waals surface area contributed by atoms with Gasteiger partial charge < -0.3 is 4.57 Å².